The normalized spacial score (nSPS) is 26.6. The van der Waals surface area contributed by atoms with Gasteiger partial charge in [0.1, 0.15) is 6.10 Å². The molecule has 1 aromatic carbocycles. The van der Waals surface area contributed by atoms with E-state index in [9.17, 15) is 14.7 Å². The van der Waals surface area contributed by atoms with Crippen LogP contribution in [0.5, 0.6) is 0 Å². The van der Waals surface area contributed by atoms with Gasteiger partial charge in [0.05, 0.1) is 52.2 Å². The number of anilines is 1. The highest BCUT2D eigenvalue weighted by Gasteiger charge is 2.45. The molecule has 1 aromatic rings. The van der Waals surface area contributed by atoms with Crippen molar-refractivity contribution in [3.05, 3.63) is 54.1 Å². The second-order valence-corrected chi connectivity index (χ2v) is 20.8. The minimum Gasteiger partial charge on any atom is -0.465 e. The molecule has 1 saturated heterocycles. The minimum atomic E-state index is -2.03. The van der Waals surface area contributed by atoms with E-state index in [1.54, 1.807) is 4.90 Å². The summed E-state index contributed by atoms with van der Waals surface area (Å²) in [7, 11) is -2.03. The number of nitrogens with zero attached hydrogens (tertiary/aromatic N) is 1. The van der Waals surface area contributed by atoms with E-state index >= 15 is 0 Å². The lowest BCUT2D eigenvalue weighted by Crippen LogP contribution is -2.51. The summed E-state index contributed by atoms with van der Waals surface area (Å²) in [4.78, 5) is 27.0. The average molecular weight is 729 g/mol. The number of hydrogen-bond donors (Lipinski definition) is 2. The quantitative estimate of drug-likeness (QED) is 0.0837. The maximum atomic E-state index is 12.7. The number of ether oxygens (including phenoxy) is 4. The molecule has 0 saturated carbocycles. The van der Waals surface area contributed by atoms with Crippen molar-refractivity contribution in [1.82, 2.24) is 4.90 Å². The Bertz CT molecular complexity index is 1300. The number of carbonyl (C=O) groups is 2. The van der Waals surface area contributed by atoms with E-state index in [0.717, 1.165) is 31.5 Å². The van der Waals surface area contributed by atoms with Crippen LogP contribution in [0.15, 0.2) is 54.1 Å². The van der Waals surface area contributed by atoms with E-state index in [4.69, 9.17) is 23.4 Å². The van der Waals surface area contributed by atoms with Crippen molar-refractivity contribution in [2.24, 2.45) is 23.7 Å². The predicted octanol–water partition coefficient (Wildman–Crippen LogP) is 7.78. The molecule has 4 rings (SSSR count). The molecule has 0 bridgehead atoms. The van der Waals surface area contributed by atoms with Gasteiger partial charge < -0.3 is 38.7 Å². The van der Waals surface area contributed by atoms with E-state index < -0.39 is 14.4 Å². The number of para-hydroxylation sites is 1. The number of fused-ring (bicyclic) bond motifs is 1. The van der Waals surface area contributed by atoms with Crippen LogP contribution in [0.1, 0.15) is 66.7 Å². The Balaban J connectivity index is 1.24. The van der Waals surface area contributed by atoms with E-state index in [-0.39, 0.29) is 52.9 Å². The lowest BCUT2D eigenvalue weighted by atomic mass is 9.64. The standard InChI is InChI=1S/C40H64N2O8Si/c1-29-25-31-14-13-30(2)35(16-15-33-27-34(28-37(43)49-33)50-51(6,7)40(3,4)5)38(31)36(26-29)42(39(44)45)18-20-47-22-24-48-23-21-46-19-17-41-32-11-9-8-10-12-32/h8-14,25,29-30,33-36,38,41H,15-24,26-28H2,1-7H3,(H,44,45)/t29-,30-,33+,34+,35-,36-,38-/m0/s1. The topological polar surface area (TPSA) is 116 Å². The van der Waals surface area contributed by atoms with E-state index in [1.807, 2.05) is 30.3 Å². The Morgan fingerprint density at radius 3 is 2.31 bits per heavy atom. The van der Waals surface area contributed by atoms with Crippen LogP contribution in [-0.2, 0) is 28.2 Å². The van der Waals surface area contributed by atoms with Crippen LogP contribution in [0.2, 0.25) is 18.1 Å². The molecule has 0 unspecified atom stereocenters. The molecule has 0 radical (unpaired) electrons. The molecule has 2 N–H and O–H groups in total. The lowest BCUT2D eigenvalue weighted by Gasteiger charge is -2.47. The number of carbonyl (C=O) groups excluding carboxylic acids is 1. The highest BCUT2D eigenvalue weighted by molar-refractivity contribution is 6.74. The molecule has 0 aromatic heterocycles. The zero-order chi connectivity index (χ0) is 37.0. The predicted molar refractivity (Wildman–Crippen MR) is 203 cm³/mol. The molecule has 10 nitrogen and oxygen atoms in total. The second-order valence-electron chi connectivity index (χ2n) is 16.1. The van der Waals surface area contributed by atoms with Crippen LogP contribution in [-0.4, -0.2) is 101 Å². The fraction of sp³-hybridized carbons (Fsp3) is 0.700. The minimum absolute atomic E-state index is 0.0644. The van der Waals surface area contributed by atoms with Gasteiger partial charge in [0.15, 0.2) is 8.32 Å². The van der Waals surface area contributed by atoms with Gasteiger partial charge in [-0.15, -0.1) is 0 Å². The monoisotopic (exact) mass is 728 g/mol. The molecule has 2 aliphatic carbocycles. The number of rotatable bonds is 19. The summed E-state index contributed by atoms with van der Waals surface area (Å²) in [5, 5.41) is 13.8. The van der Waals surface area contributed by atoms with E-state index in [2.05, 4.69) is 71.3 Å². The van der Waals surface area contributed by atoms with Crippen molar-refractivity contribution in [1.29, 1.82) is 0 Å². The van der Waals surface area contributed by atoms with Crippen LogP contribution in [0.25, 0.3) is 0 Å². The molecular weight excluding hydrogens is 665 g/mol. The third-order valence-electron chi connectivity index (χ3n) is 11.1. The van der Waals surface area contributed by atoms with Crippen molar-refractivity contribution in [2.45, 2.75) is 103 Å². The highest BCUT2D eigenvalue weighted by atomic mass is 28.4. The zero-order valence-electron chi connectivity index (χ0n) is 32.1. The Morgan fingerprint density at radius 1 is 0.980 bits per heavy atom. The summed E-state index contributed by atoms with van der Waals surface area (Å²) in [6.07, 6.45) is 8.93. The molecule has 1 aliphatic heterocycles. The molecule has 3 aliphatic rings. The summed E-state index contributed by atoms with van der Waals surface area (Å²) in [5.74, 6) is 0.655. The van der Waals surface area contributed by atoms with Gasteiger partial charge in [-0.25, -0.2) is 4.79 Å². The number of allylic oxidation sites excluding steroid dienone is 3. The number of carboxylic acid groups (broad SMARTS) is 1. The van der Waals surface area contributed by atoms with Crippen LogP contribution in [0.3, 0.4) is 0 Å². The molecule has 1 amide bonds. The Hall–Kier alpha value is -2.70. The first-order valence-corrected chi connectivity index (χ1v) is 21.9. The van der Waals surface area contributed by atoms with E-state index in [1.165, 1.54) is 5.57 Å². The number of hydrogen-bond acceptors (Lipinski definition) is 8. The number of cyclic esters (lactones) is 1. The maximum absolute atomic E-state index is 12.7. The van der Waals surface area contributed by atoms with Crippen LogP contribution < -0.4 is 5.32 Å². The third kappa shape index (κ3) is 12.4. The Labute approximate surface area is 307 Å². The van der Waals surface area contributed by atoms with Crippen LogP contribution >= 0.6 is 0 Å². The summed E-state index contributed by atoms with van der Waals surface area (Å²) in [6.45, 7) is 19.2. The maximum Gasteiger partial charge on any atom is 0.407 e. The first kappa shape index (κ1) is 41.1. The Morgan fingerprint density at radius 2 is 1.65 bits per heavy atom. The number of amides is 1. The molecule has 51 heavy (non-hydrogen) atoms. The van der Waals surface area contributed by atoms with Gasteiger partial charge in [-0.1, -0.05) is 71.0 Å². The fourth-order valence-electron chi connectivity index (χ4n) is 7.47. The van der Waals surface area contributed by atoms with Gasteiger partial charge in [-0.3, -0.25) is 4.79 Å². The van der Waals surface area contributed by atoms with Gasteiger partial charge in [0.25, 0.3) is 0 Å². The smallest absolute Gasteiger partial charge is 0.407 e. The molecule has 1 heterocycles. The van der Waals surface area contributed by atoms with Gasteiger partial charge in [0, 0.05) is 37.2 Å². The van der Waals surface area contributed by atoms with Gasteiger partial charge in [-0.2, -0.15) is 0 Å². The first-order chi connectivity index (χ1) is 24.2. The largest absolute Gasteiger partial charge is 0.465 e. The van der Waals surface area contributed by atoms with Crippen molar-refractivity contribution in [2.75, 3.05) is 58.0 Å². The Kier molecular flexibility index (Phi) is 15.6. The lowest BCUT2D eigenvalue weighted by molar-refractivity contribution is -0.160. The number of esters is 1. The second kappa shape index (κ2) is 19.4. The third-order valence-corrected chi connectivity index (χ3v) is 15.7. The highest BCUT2D eigenvalue weighted by Crippen LogP contribution is 2.46. The molecule has 1 fully saturated rings. The molecule has 11 heteroatoms. The van der Waals surface area contributed by atoms with Crippen molar-refractivity contribution in [3.63, 3.8) is 0 Å². The van der Waals surface area contributed by atoms with Crippen molar-refractivity contribution >= 4 is 26.1 Å². The van der Waals surface area contributed by atoms with Crippen molar-refractivity contribution < 1.29 is 38.1 Å². The summed E-state index contributed by atoms with van der Waals surface area (Å²) in [6, 6.07) is 9.86. The molecular formula is C40H64N2O8Si. The van der Waals surface area contributed by atoms with Gasteiger partial charge in [0.2, 0.25) is 0 Å². The molecule has 7 atom stereocenters. The van der Waals surface area contributed by atoms with Crippen LogP contribution in [0.4, 0.5) is 10.5 Å². The van der Waals surface area contributed by atoms with Gasteiger partial charge in [-0.05, 0) is 72.9 Å². The number of benzene rings is 1. The van der Waals surface area contributed by atoms with Crippen LogP contribution in [0, 0.1) is 23.7 Å². The fourth-order valence-corrected chi connectivity index (χ4v) is 8.83. The summed E-state index contributed by atoms with van der Waals surface area (Å²) in [5.41, 5.74) is 2.29. The summed E-state index contributed by atoms with van der Waals surface area (Å²) < 4.78 is 29.7. The zero-order valence-corrected chi connectivity index (χ0v) is 33.1. The molecule has 0 spiro atoms. The molecule has 286 valence electrons. The average Bonchev–Trinajstić information content (AvgIpc) is 3.05. The summed E-state index contributed by atoms with van der Waals surface area (Å²) >= 11 is 0. The number of nitrogens with one attached hydrogen (secondary N) is 1. The van der Waals surface area contributed by atoms with Gasteiger partial charge >= 0.3 is 12.1 Å². The van der Waals surface area contributed by atoms with E-state index in [0.29, 0.717) is 59.0 Å². The van der Waals surface area contributed by atoms with Crippen molar-refractivity contribution in [3.8, 4) is 0 Å². The first-order valence-electron chi connectivity index (χ1n) is 19.0. The SMILES string of the molecule is C[C@H]1C=C2C=C[C@H](C)[C@H](CC[C@@H]3C[C@@H](O[Si](C)(C)C(C)(C)C)CC(=O)O3)[C@H]2[C@@H](N(CCOCCOCCOCCNc2ccccc2)C(=O)O)C1.